The molecule has 0 unspecified atom stereocenters. The van der Waals surface area contributed by atoms with E-state index in [4.69, 9.17) is 16.7 Å². The third-order valence-corrected chi connectivity index (χ3v) is 5.18. The van der Waals surface area contributed by atoms with Crippen molar-refractivity contribution < 1.29 is 13.2 Å². The van der Waals surface area contributed by atoms with E-state index in [1.54, 1.807) is 12.1 Å². The zero-order valence-corrected chi connectivity index (χ0v) is 16.0. The summed E-state index contributed by atoms with van der Waals surface area (Å²) < 4.78 is 22.4. The SMILES string of the molecule is Cc1ccc(NCCC(=O)NCCc2ccc(S(N)(=O)=O)cc2)cc1Cl. The number of sulfonamides is 1. The third kappa shape index (κ3) is 6.33. The highest BCUT2D eigenvalue weighted by molar-refractivity contribution is 7.89. The molecule has 4 N–H and O–H groups in total. The highest BCUT2D eigenvalue weighted by Gasteiger charge is 2.07. The Kier molecular flexibility index (Phi) is 7.02. The molecule has 1 amide bonds. The van der Waals surface area contributed by atoms with Crippen LogP contribution in [0.2, 0.25) is 5.02 Å². The molecule has 2 rings (SSSR count). The van der Waals surface area contributed by atoms with Crippen molar-refractivity contribution in [1.82, 2.24) is 5.32 Å². The summed E-state index contributed by atoms with van der Waals surface area (Å²) in [6.45, 7) is 2.92. The van der Waals surface area contributed by atoms with E-state index < -0.39 is 10.0 Å². The van der Waals surface area contributed by atoms with Gasteiger partial charge in [0.2, 0.25) is 15.9 Å². The van der Waals surface area contributed by atoms with E-state index >= 15 is 0 Å². The maximum absolute atomic E-state index is 11.9. The molecule has 0 aliphatic rings. The molecule has 0 saturated carbocycles. The first-order chi connectivity index (χ1) is 12.3. The van der Waals surface area contributed by atoms with Gasteiger partial charge in [-0.3, -0.25) is 4.79 Å². The lowest BCUT2D eigenvalue weighted by Crippen LogP contribution is -2.27. The summed E-state index contributed by atoms with van der Waals surface area (Å²) in [5, 5.41) is 11.7. The van der Waals surface area contributed by atoms with Gasteiger partial charge in [-0.25, -0.2) is 13.6 Å². The number of carbonyl (C=O) groups is 1. The topological polar surface area (TPSA) is 101 Å². The van der Waals surface area contributed by atoms with Crippen LogP contribution < -0.4 is 15.8 Å². The van der Waals surface area contributed by atoms with E-state index in [-0.39, 0.29) is 10.8 Å². The van der Waals surface area contributed by atoms with E-state index in [0.29, 0.717) is 31.0 Å². The third-order valence-electron chi connectivity index (χ3n) is 3.84. The number of carbonyl (C=O) groups excluding carboxylic acids is 1. The molecule has 2 aromatic rings. The second-order valence-electron chi connectivity index (χ2n) is 5.93. The molecule has 0 radical (unpaired) electrons. The van der Waals surface area contributed by atoms with Crippen molar-refractivity contribution >= 4 is 33.2 Å². The Morgan fingerprint density at radius 1 is 1.12 bits per heavy atom. The van der Waals surface area contributed by atoms with E-state index in [2.05, 4.69) is 10.6 Å². The van der Waals surface area contributed by atoms with Gasteiger partial charge in [-0.2, -0.15) is 0 Å². The number of benzene rings is 2. The number of rotatable bonds is 8. The minimum absolute atomic E-state index is 0.0585. The van der Waals surface area contributed by atoms with E-state index in [1.807, 2.05) is 25.1 Å². The van der Waals surface area contributed by atoms with Gasteiger partial charge in [0.15, 0.2) is 0 Å². The van der Waals surface area contributed by atoms with Crippen LogP contribution >= 0.6 is 11.6 Å². The maximum Gasteiger partial charge on any atom is 0.238 e. The van der Waals surface area contributed by atoms with Crippen LogP contribution in [0.5, 0.6) is 0 Å². The van der Waals surface area contributed by atoms with Gasteiger partial charge in [-0.05, 0) is 48.7 Å². The smallest absolute Gasteiger partial charge is 0.238 e. The molecular formula is C18H22ClN3O3S. The van der Waals surface area contributed by atoms with Crippen molar-refractivity contribution in [3.05, 3.63) is 58.6 Å². The van der Waals surface area contributed by atoms with Gasteiger partial charge in [0.1, 0.15) is 0 Å². The summed E-state index contributed by atoms with van der Waals surface area (Å²) in [5.74, 6) is -0.0585. The van der Waals surface area contributed by atoms with E-state index in [0.717, 1.165) is 16.8 Å². The number of aryl methyl sites for hydroxylation is 1. The summed E-state index contributed by atoms with van der Waals surface area (Å²) in [6, 6.07) is 12.0. The first kappa shape index (κ1) is 20.2. The van der Waals surface area contributed by atoms with Crippen molar-refractivity contribution in [1.29, 1.82) is 0 Å². The number of nitrogens with two attached hydrogens (primary N) is 1. The largest absolute Gasteiger partial charge is 0.384 e. The fourth-order valence-electron chi connectivity index (χ4n) is 2.30. The Bertz CT molecular complexity index is 868. The maximum atomic E-state index is 11.9. The van der Waals surface area contributed by atoms with Gasteiger partial charge in [0, 0.05) is 30.2 Å². The van der Waals surface area contributed by atoms with Crippen molar-refractivity contribution in [3.8, 4) is 0 Å². The molecular weight excluding hydrogens is 374 g/mol. The van der Waals surface area contributed by atoms with Gasteiger partial charge in [-0.15, -0.1) is 0 Å². The number of nitrogens with one attached hydrogen (secondary N) is 2. The Labute approximate surface area is 158 Å². The number of primary sulfonamides is 1. The molecule has 2 aromatic carbocycles. The van der Waals surface area contributed by atoms with Gasteiger partial charge >= 0.3 is 0 Å². The van der Waals surface area contributed by atoms with Crippen LogP contribution in [0.3, 0.4) is 0 Å². The molecule has 0 saturated heterocycles. The number of anilines is 1. The molecule has 0 aromatic heterocycles. The Hall–Kier alpha value is -2.09. The predicted molar refractivity (Wildman–Crippen MR) is 104 cm³/mol. The van der Waals surface area contributed by atoms with Crippen molar-refractivity contribution in [2.75, 3.05) is 18.4 Å². The van der Waals surface area contributed by atoms with Crippen molar-refractivity contribution in [2.45, 2.75) is 24.7 Å². The summed E-state index contributed by atoms with van der Waals surface area (Å²) in [4.78, 5) is 11.9. The summed E-state index contributed by atoms with van der Waals surface area (Å²) >= 11 is 6.06. The average molecular weight is 396 g/mol. The Balaban J connectivity index is 1.69. The zero-order valence-electron chi connectivity index (χ0n) is 14.5. The van der Waals surface area contributed by atoms with Crippen LogP contribution in [-0.4, -0.2) is 27.4 Å². The second-order valence-corrected chi connectivity index (χ2v) is 7.90. The van der Waals surface area contributed by atoms with Crippen molar-refractivity contribution in [3.63, 3.8) is 0 Å². The molecule has 0 aliphatic heterocycles. The normalized spacial score (nSPS) is 11.2. The number of hydrogen-bond acceptors (Lipinski definition) is 4. The quantitative estimate of drug-likeness (QED) is 0.639. The summed E-state index contributed by atoms with van der Waals surface area (Å²) in [7, 11) is -3.68. The lowest BCUT2D eigenvalue weighted by molar-refractivity contribution is -0.120. The van der Waals surface area contributed by atoms with E-state index in [9.17, 15) is 13.2 Å². The Morgan fingerprint density at radius 3 is 2.42 bits per heavy atom. The van der Waals surface area contributed by atoms with Crippen LogP contribution in [0.4, 0.5) is 5.69 Å². The fourth-order valence-corrected chi connectivity index (χ4v) is 3.00. The van der Waals surface area contributed by atoms with Crippen LogP contribution in [-0.2, 0) is 21.2 Å². The first-order valence-corrected chi connectivity index (χ1v) is 10.1. The van der Waals surface area contributed by atoms with Crippen LogP contribution in [0.25, 0.3) is 0 Å². The molecule has 0 heterocycles. The molecule has 0 fully saturated rings. The number of amides is 1. The molecule has 0 aliphatic carbocycles. The molecule has 6 nitrogen and oxygen atoms in total. The average Bonchev–Trinajstić information content (AvgIpc) is 2.58. The minimum atomic E-state index is -3.68. The highest BCUT2D eigenvalue weighted by Crippen LogP contribution is 2.19. The highest BCUT2D eigenvalue weighted by atomic mass is 35.5. The van der Waals surface area contributed by atoms with Crippen LogP contribution in [0, 0.1) is 6.92 Å². The lowest BCUT2D eigenvalue weighted by Gasteiger charge is -2.09. The number of hydrogen-bond donors (Lipinski definition) is 3. The molecule has 0 atom stereocenters. The molecule has 0 bridgehead atoms. The lowest BCUT2D eigenvalue weighted by atomic mass is 10.1. The predicted octanol–water partition coefficient (Wildman–Crippen LogP) is 2.46. The van der Waals surface area contributed by atoms with Gasteiger partial charge in [0.05, 0.1) is 4.90 Å². The first-order valence-electron chi connectivity index (χ1n) is 8.14. The Morgan fingerprint density at radius 2 is 1.81 bits per heavy atom. The molecule has 140 valence electrons. The van der Waals surface area contributed by atoms with Crippen molar-refractivity contribution in [2.24, 2.45) is 5.14 Å². The fraction of sp³-hybridized carbons (Fsp3) is 0.278. The zero-order chi connectivity index (χ0) is 19.2. The minimum Gasteiger partial charge on any atom is -0.384 e. The van der Waals surface area contributed by atoms with Crippen LogP contribution in [0.15, 0.2) is 47.4 Å². The molecule has 8 heteroatoms. The van der Waals surface area contributed by atoms with Gasteiger partial charge in [0.25, 0.3) is 0 Å². The van der Waals surface area contributed by atoms with E-state index in [1.165, 1.54) is 12.1 Å². The monoisotopic (exact) mass is 395 g/mol. The van der Waals surface area contributed by atoms with Crippen LogP contribution in [0.1, 0.15) is 17.5 Å². The molecule has 0 spiro atoms. The summed E-state index contributed by atoms with van der Waals surface area (Å²) in [5.41, 5.74) is 2.81. The standard InChI is InChI=1S/C18H22ClN3O3S/c1-13-2-5-15(12-17(13)19)21-11-9-18(23)22-10-8-14-3-6-16(7-4-14)26(20,24)25/h2-7,12,21H,8-11H2,1H3,(H,22,23)(H2,20,24,25). The van der Waals surface area contributed by atoms with Gasteiger partial charge < -0.3 is 10.6 Å². The molecule has 26 heavy (non-hydrogen) atoms. The number of halogens is 1. The summed E-state index contributed by atoms with van der Waals surface area (Å²) in [6.07, 6.45) is 0.952. The second kappa shape index (κ2) is 9.02. The van der Waals surface area contributed by atoms with Gasteiger partial charge in [-0.1, -0.05) is 29.8 Å².